The van der Waals surface area contributed by atoms with Crippen molar-refractivity contribution in [3.63, 3.8) is 0 Å². The highest BCUT2D eigenvalue weighted by Gasteiger charge is 1.98. The van der Waals surface area contributed by atoms with Crippen molar-refractivity contribution in [2.75, 3.05) is 12.3 Å². The van der Waals surface area contributed by atoms with E-state index in [0.29, 0.717) is 12.3 Å². The number of rotatable bonds is 7. The molecular formula is C14H21N3O2. The third-order valence-electron chi connectivity index (χ3n) is 2.54. The van der Waals surface area contributed by atoms with Crippen LogP contribution in [0.4, 0.5) is 10.5 Å². The lowest BCUT2D eigenvalue weighted by Gasteiger charge is -2.03. The number of hydrogen-bond donors (Lipinski definition) is 2. The zero-order valence-corrected chi connectivity index (χ0v) is 11.3. The van der Waals surface area contributed by atoms with Gasteiger partial charge in [-0.05, 0) is 24.1 Å². The lowest BCUT2D eigenvalue weighted by Crippen LogP contribution is -2.19. The second-order valence-corrected chi connectivity index (χ2v) is 4.23. The van der Waals surface area contributed by atoms with Crippen LogP contribution in [-0.4, -0.2) is 18.9 Å². The molecular weight excluding hydrogens is 242 g/mol. The molecule has 1 amide bonds. The Morgan fingerprint density at radius 2 is 2.05 bits per heavy atom. The van der Waals surface area contributed by atoms with E-state index >= 15 is 0 Å². The van der Waals surface area contributed by atoms with Crippen molar-refractivity contribution in [1.29, 1.82) is 0 Å². The SMILES string of the molecule is CCCCCCOC(=O)NN=Cc1ccc(N)cc1. The highest BCUT2D eigenvalue weighted by molar-refractivity contribution is 5.81. The second kappa shape index (κ2) is 8.97. The van der Waals surface area contributed by atoms with E-state index in [1.165, 1.54) is 12.6 Å². The summed E-state index contributed by atoms with van der Waals surface area (Å²) in [7, 11) is 0. The largest absolute Gasteiger partial charge is 0.448 e. The van der Waals surface area contributed by atoms with Crippen molar-refractivity contribution in [3.8, 4) is 0 Å². The summed E-state index contributed by atoms with van der Waals surface area (Å²) in [4.78, 5) is 11.3. The number of hydrogen-bond acceptors (Lipinski definition) is 4. The van der Waals surface area contributed by atoms with Crippen LogP contribution in [0.2, 0.25) is 0 Å². The molecule has 1 aromatic carbocycles. The fourth-order valence-electron chi connectivity index (χ4n) is 1.47. The average molecular weight is 263 g/mol. The summed E-state index contributed by atoms with van der Waals surface area (Å²) in [5.41, 5.74) is 9.42. The number of carbonyl (C=O) groups excluding carboxylic acids is 1. The minimum atomic E-state index is -0.525. The van der Waals surface area contributed by atoms with E-state index in [1.807, 2.05) is 12.1 Å². The summed E-state index contributed by atoms with van der Waals surface area (Å²) < 4.78 is 4.96. The van der Waals surface area contributed by atoms with Crippen LogP contribution in [-0.2, 0) is 4.74 Å². The van der Waals surface area contributed by atoms with Gasteiger partial charge in [0, 0.05) is 5.69 Å². The molecule has 0 aliphatic carbocycles. The Morgan fingerprint density at radius 3 is 2.74 bits per heavy atom. The van der Waals surface area contributed by atoms with Crippen molar-refractivity contribution in [2.24, 2.45) is 5.10 Å². The Morgan fingerprint density at radius 1 is 1.32 bits per heavy atom. The van der Waals surface area contributed by atoms with E-state index in [1.54, 1.807) is 12.1 Å². The Bertz CT molecular complexity index is 402. The summed E-state index contributed by atoms with van der Waals surface area (Å²) in [6.45, 7) is 2.57. The number of carbonyl (C=O) groups is 1. The van der Waals surface area contributed by atoms with E-state index < -0.39 is 6.09 Å². The maximum Gasteiger partial charge on any atom is 0.427 e. The van der Waals surface area contributed by atoms with Crippen molar-refractivity contribution in [1.82, 2.24) is 5.43 Å². The first-order valence-electron chi connectivity index (χ1n) is 6.53. The average Bonchev–Trinajstić information content (AvgIpc) is 2.41. The lowest BCUT2D eigenvalue weighted by atomic mass is 10.2. The van der Waals surface area contributed by atoms with Gasteiger partial charge in [-0.25, -0.2) is 10.2 Å². The number of anilines is 1. The molecule has 5 nitrogen and oxygen atoms in total. The number of unbranched alkanes of at least 4 members (excludes halogenated alkanes) is 3. The maximum atomic E-state index is 11.3. The fraction of sp³-hybridized carbons (Fsp3) is 0.429. The van der Waals surface area contributed by atoms with Crippen molar-refractivity contribution < 1.29 is 9.53 Å². The van der Waals surface area contributed by atoms with Crippen LogP contribution in [0.5, 0.6) is 0 Å². The number of hydrazone groups is 1. The van der Waals surface area contributed by atoms with Crippen LogP contribution < -0.4 is 11.2 Å². The van der Waals surface area contributed by atoms with Crippen LogP contribution in [0.15, 0.2) is 29.4 Å². The molecule has 0 spiro atoms. The molecule has 104 valence electrons. The zero-order valence-electron chi connectivity index (χ0n) is 11.3. The molecule has 0 atom stereocenters. The predicted octanol–water partition coefficient (Wildman–Crippen LogP) is 2.91. The smallest absolute Gasteiger partial charge is 0.427 e. The molecule has 0 aromatic heterocycles. The summed E-state index contributed by atoms with van der Waals surface area (Å²) in [6.07, 6.45) is 5.32. The van der Waals surface area contributed by atoms with Gasteiger partial charge < -0.3 is 10.5 Å². The molecule has 0 radical (unpaired) electrons. The molecule has 0 saturated heterocycles. The molecule has 3 N–H and O–H groups in total. The van der Waals surface area contributed by atoms with Crippen LogP contribution in [0, 0.1) is 0 Å². The number of benzene rings is 1. The quantitative estimate of drug-likeness (QED) is 0.343. The van der Waals surface area contributed by atoms with Gasteiger partial charge in [0.25, 0.3) is 0 Å². The Balaban J connectivity index is 2.17. The highest BCUT2D eigenvalue weighted by atomic mass is 16.5. The molecule has 0 bridgehead atoms. The van der Waals surface area contributed by atoms with E-state index in [4.69, 9.17) is 10.5 Å². The fourth-order valence-corrected chi connectivity index (χ4v) is 1.47. The van der Waals surface area contributed by atoms with Crippen LogP contribution in [0.25, 0.3) is 0 Å². The van der Waals surface area contributed by atoms with Crippen molar-refractivity contribution >= 4 is 18.0 Å². The predicted molar refractivity (Wildman–Crippen MR) is 77.1 cm³/mol. The normalized spacial score (nSPS) is 10.6. The molecule has 0 heterocycles. The number of amides is 1. The third kappa shape index (κ3) is 7.08. The molecule has 1 rings (SSSR count). The summed E-state index contributed by atoms with van der Waals surface area (Å²) >= 11 is 0. The number of nitrogens with two attached hydrogens (primary N) is 1. The monoisotopic (exact) mass is 263 g/mol. The molecule has 1 aromatic rings. The van der Waals surface area contributed by atoms with Gasteiger partial charge in [-0.2, -0.15) is 5.10 Å². The second-order valence-electron chi connectivity index (χ2n) is 4.23. The topological polar surface area (TPSA) is 76.7 Å². The zero-order chi connectivity index (χ0) is 13.9. The van der Waals surface area contributed by atoms with E-state index in [0.717, 1.165) is 24.8 Å². The first-order chi connectivity index (χ1) is 9.22. The minimum absolute atomic E-state index is 0.434. The first kappa shape index (κ1) is 15.0. The van der Waals surface area contributed by atoms with E-state index in [9.17, 15) is 4.79 Å². The standard InChI is InChI=1S/C14H21N3O2/c1-2-3-4-5-10-19-14(18)17-16-11-12-6-8-13(15)9-7-12/h6-9,11H,2-5,10,15H2,1H3,(H,17,18). The van der Waals surface area contributed by atoms with Gasteiger partial charge in [0.2, 0.25) is 0 Å². The molecule has 0 fully saturated rings. The van der Waals surface area contributed by atoms with Crippen LogP contribution in [0.1, 0.15) is 38.2 Å². The first-order valence-corrected chi connectivity index (χ1v) is 6.53. The minimum Gasteiger partial charge on any atom is -0.448 e. The summed E-state index contributed by atoms with van der Waals surface area (Å²) in [6, 6.07) is 7.17. The maximum absolute atomic E-state index is 11.3. The Hall–Kier alpha value is -2.04. The van der Waals surface area contributed by atoms with Crippen LogP contribution >= 0.6 is 0 Å². The van der Waals surface area contributed by atoms with Gasteiger partial charge in [0.05, 0.1) is 12.8 Å². The molecule has 0 saturated carbocycles. The number of nitrogen functional groups attached to an aromatic ring is 1. The van der Waals surface area contributed by atoms with E-state index in [2.05, 4.69) is 17.5 Å². The number of ether oxygens (including phenoxy) is 1. The summed E-state index contributed by atoms with van der Waals surface area (Å²) in [5, 5.41) is 3.80. The van der Waals surface area contributed by atoms with Crippen molar-refractivity contribution in [2.45, 2.75) is 32.6 Å². The molecule has 19 heavy (non-hydrogen) atoms. The number of nitrogens with zero attached hydrogens (tertiary/aromatic N) is 1. The lowest BCUT2D eigenvalue weighted by molar-refractivity contribution is 0.144. The molecule has 0 aliphatic rings. The van der Waals surface area contributed by atoms with Gasteiger partial charge in [0.1, 0.15) is 0 Å². The molecule has 5 heteroatoms. The van der Waals surface area contributed by atoms with Gasteiger partial charge in [-0.1, -0.05) is 38.3 Å². The third-order valence-corrected chi connectivity index (χ3v) is 2.54. The van der Waals surface area contributed by atoms with Crippen molar-refractivity contribution in [3.05, 3.63) is 29.8 Å². The van der Waals surface area contributed by atoms with Gasteiger partial charge in [-0.3, -0.25) is 0 Å². The molecule has 0 unspecified atom stereocenters. The molecule has 0 aliphatic heterocycles. The Kier molecular flexibility index (Phi) is 7.09. The summed E-state index contributed by atoms with van der Waals surface area (Å²) in [5.74, 6) is 0. The van der Waals surface area contributed by atoms with Gasteiger partial charge in [-0.15, -0.1) is 0 Å². The highest BCUT2D eigenvalue weighted by Crippen LogP contribution is 2.02. The van der Waals surface area contributed by atoms with Crippen LogP contribution in [0.3, 0.4) is 0 Å². The Labute approximate surface area is 113 Å². The number of nitrogens with one attached hydrogen (secondary N) is 1. The van der Waals surface area contributed by atoms with Gasteiger partial charge in [0.15, 0.2) is 0 Å². The van der Waals surface area contributed by atoms with Gasteiger partial charge >= 0.3 is 6.09 Å². The van der Waals surface area contributed by atoms with E-state index in [-0.39, 0.29) is 0 Å².